The zero-order valence-corrected chi connectivity index (χ0v) is 19.0. The summed E-state index contributed by atoms with van der Waals surface area (Å²) >= 11 is 0. The summed E-state index contributed by atoms with van der Waals surface area (Å²) in [4.78, 5) is 12.6. The molecule has 0 heterocycles. The number of carbonyl (C=O) groups is 1. The van der Waals surface area contributed by atoms with Crippen molar-refractivity contribution in [2.75, 3.05) is 30.3 Å². The fraction of sp³-hybridized carbons (Fsp3) is 0.409. The molecule has 2 rings (SSSR count). The number of hydrogen-bond acceptors (Lipinski definition) is 5. The van der Waals surface area contributed by atoms with Crippen molar-refractivity contribution in [3.8, 4) is 11.5 Å². The van der Waals surface area contributed by atoms with Crippen LogP contribution in [0.2, 0.25) is 0 Å². The second-order valence-corrected chi connectivity index (χ2v) is 8.93. The number of sulfonamides is 1. The normalized spacial score (nSPS) is 12.2. The Morgan fingerprint density at radius 1 is 1.10 bits per heavy atom. The summed E-state index contributed by atoms with van der Waals surface area (Å²) in [7, 11) is -3.67. The third kappa shape index (κ3) is 6.38. The Bertz CT molecular complexity index is 958. The molecule has 0 radical (unpaired) electrons. The molecule has 2 aromatic rings. The van der Waals surface area contributed by atoms with Crippen molar-refractivity contribution >= 4 is 21.6 Å². The van der Waals surface area contributed by atoms with Crippen LogP contribution in [0.15, 0.2) is 42.5 Å². The van der Waals surface area contributed by atoms with Gasteiger partial charge in [0.05, 0.1) is 25.1 Å². The Morgan fingerprint density at radius 2 is 1.77 bits per heavy atom. The quantitative estimate of drug-likeness (QED) is 0.581. The summed E-state index contributed by atoms with van der Waals surface area (Å²) in [6, 6.07) is 11.6. The molecule has 0 aromatic heterocycles. The van der Waals surface area contributed by atoms with E-state index in [9.17, 15) is 13.2 Å². The van der Waals surface area contributed by atoms with Crippen molar-refractivity contribution in [1.29, 1.82) is 0 Å². The first-order valence-corrected chi connectivity index (χ1v) is 11.7. The van der Waals surface area contributed by atoms with Crippen LogP contribution in [0.25, 0.3) is 0 Å². The van der Waals surface area contributed by atoms with Gasteiger partial charge in [0.15, 0.2) is 0 Å². The molecule has 0 aliphatic rings. The van der Waals surface area contributed by atoms with Gasteiger partial charge in [0.2, 0.25) is 15.9 Å². The molecule has 2 aromatic carbocycles. The number of amides is 1. The predicted octanol–water partition coefficient (Wildman–Crippen LogP) is 3.05. The maximum absolute atomic E-state index is 12.6. The minimum absolute atomic E-state index is 0.261. The van der Waals surface area contributed by atoms with E-state index in [0.717, 1.165) is 27.4 Å². The maximum Gasteiger partial charge on any atom is 0.243 e. The van der Waals surface area contributed by atoms with Crippen LogP contribution in [0.4, 0.5) is 5.69 Å². The standard InChI is InChI=1S/C22H30N2O5S/c1-6-28-20-10-8-19(9-11-20)24(30(5,26)27)18(4)22(25)23-13-14-29-21-12-7-16(2)15-17(21)3/h7-12,15,18H,6,13-14H2,1-5H3,(H,23,25)/t18-/m1/s1. The van der Waals surface area contributed by atoms with Gasteiger partial charge in [-0.25, -0.2) is 8.42 Å². The summed E-state index contributed by atoms with van der Waals surface area (Å²) in [6.07, 6.45) is 1.08. The highest BCUT2D eigenvalue weighted by atomic mass is 32.2. The SMILES string of the molecule is CCOc1ccc(N([C@H](C)C(=O)NCCOc2ccc(C)cc2C)S(C)(=O)=O)cc1. The van der Waals surface area contributed by atoms with E-state index in [1.165, 1.54) is 0 Å². The number of carbonyl (C=O) groups excluding carboxylic acids is 1. The van der Waals surface area contributed by atoms with Crippen LogP contribution in [0.3, 0.4) is 0 Å². The van der Waals surface area contributed by atoms with E-state index in [1.54, 1.807) is 31.2 Å². The first-order valence-electron chi connectivity index (χ1n) is 9.83. The first kappa shape index (κ1) is 23.5. The highest BCUT2D eigenvalue weighted by Gasteiger charge is 2.29. The maximum atomic E-state index is 12.6. The zero-order chi connectivity index (χ0) is 22.3. The van der Waals surface area contributed by atoms with E-state index in [0.29, 0.717) is 18.0 Å². The Labute approximate surface area is 179 Å². The Kier molecular flexibility index (Phi) is 8.11. The highest BCUT2D eigenvalue weighted by Crippen LogP contribution is 2.24. The molecular formula is C22H30N2O5S. The van der Waals surface area contributed by atoms with Gasteiger partial charge in [0, 0.05) is 0 Å². The van der Waals surface area contributed by atoms with Gasteiger partial charge in [-0.3, -0.25) is 9.10 Å². The second-order valence-electron chi connectivity index (χ2n) is 7.07. The Morgan fingerprint density at radius 3 is 2.33 bits per heavy atom. The fourth-order valence-corrected chi connectivity index (χ4v) is 4.28. The highest BCUT2D eigenvalue weighted by molar-refractivity contribution is 7.92. The van der Waals surface area contributed by atoms with Crippen molar-refractivity contribution in [2.24, 2.45) is 0 Å². The number of hydrogen-bond donors (Lipinski definition) is 1. The van der Waals surface area contributed by atoms with Gasteiger partial charge < -0.3 is 14.8 Å². The van der Waals surface area contributed by atoms with Crippen molar-refractivity contribution in [2.45, 2.75) is 33.7 Å². The van der Waals surface area contributed by atoms with Gasteiger partial charge in [-0.1, -0.05) is 17.7 Å². The minimum Gasteiger partial charge on any atom is -0.494 e. The van der Waals surface area contributed by atoms with Crippen molar-refractivity contribution < 1.29 is 22.7 Å². The van der Waals surface area contributed by atoms with Gasteiger partial charge in [0.25, 0.3) is 0 Å². The lowest BCUT2D eigenvalue weighted by Gasteiger charge is -2.28. The van der Waals surface area contributed by atoms with Crippen molar-refractivity contribution in [1.82, 2.24) is 5.32 Å². The lowest BCUT2D eigenvalue weighted by molar-refractivity contribution is -0.121. The molecule has 7 nitrogen and oxygen atoms in total. The summed E-state index contributed by atoms with van der Waals surface area (Å²) in [5.41, 5.74) is 2.57. The van der Waals surface area contributed by atoms with Crippen LogP contribution in [0.1, 0.15) is 25.0 Å². The molecule has 0 spiro atoms. The lowest BCUT2D eigenvalue weighted by Crippen LogP contribution is -2.48. The molecule has 0 aliphatic carbocycles. The summed E-state index contributed by atoms with van der Waals surface area (Å²) in [5.74, 6) is 0.990. The number of ether oxygens (including phenoxy) is 2. The zero-order valence-electron chi connectivity index (χ0n) is 18.1. The molecule has 0 saturated carbocycles. The van der Waals surface area contributed by atoms with Gasteiger partial charge in [-0.15, -0.1) is 0 Å². The van der Waals surface area contributed by atoms with Crippen LogP contribution in [0.5, 0.6) is 11.5 Å². The molecule has 1 atom stereocenters. The van der Waals surface area contributed by atoms with Crippen LogP contribution < -0.4 is 19.1 Å². The predicted molar refractivity (Wildman–Crippen MR) is 119 cm³/mol. The molecule has 0 fully saturated rings. The third-order valence-electron chi connectivity index (χ3n) is 4.48. The van der Waals surface area contributed by atoms with E-state index in [2.05, 4.69) is 5.32 Å². The number of rotatable bonds is 10. The fourth-order valence-electron chi connectivity index (χ4n) is 3.11. The van der Waals surface area contributed by atoms with Crippen LogP contribution in [-0.2, 0) is 14.8 Å². The largest absolute Gasteiger partial charge is 0.494 e. The average molecular weight is 435 g/mol. The Balaban J connectivity index is 1.99. The van der Waals surface area contributed by atoms with E-state index < -0.39 is 22.0 Å². The molecule has 8 heteroatoms. The van der Waals surface area contributed by atoms with E-state index >= 15 is 0 Å². The summed E-state index contributed by atoms with van der Waals surface area (Å²) in [5, 5.41) is 2.74. The van der Waals surface area contributed by atoms with Crippen LogP contribution in [0, 0.1) is 13.8 Å². The number of nitrogens with zero attached hydrogens (tertiary/aromatic N) is 1. The Hall–Kier alpha value is -2.74. The van der Waals surface area contributed by atoms with Gasteiger partial charge in [-0.05, 0) is 63.6 Å². The van der Waals surface area contributed by atoms with E-state index in [-0.39, 0.29) is 13.2 Å². The number of aryl methyl sites for hydroxylation is 2. The van der Waals surface area contributed by atoms with E-state index in [4.69, 9.17) is 9.47 Å². The molecule has 0 unspecified atom stereocenters. The average Bonchev–Trinajstić information content (AvgIpc) is 2.67. The molecule has 0 saturated heterocycles. The van der Waals surface area contributed by atoms with Gasteiger partial charge in [0.1, 0.15) is 24.1 Å². The monoisotopic (exact) mass is 434 g/mol. The molecule has 1 N–H and O–H groups in total. The third-order valence-corrected chi connectivity index (χ3v) is 5.72. The van der Waals surface area contributed by atoms with Crippen molar-refractivity contribution in [3.63, 3.8) is 0 Å². The molecule has 0 bridgehead atoms. The number of nitrogens with one attached hydrogen (secondary N) is 1. The smallest absolute Gasteiger partial charge is 0.243 e. The van der Waals surface area contributed by atoms with Gasteiger partial charge >= 0.3 is 0 Å². The molecule has 1 amide bonds. The summed E-state index contributed by atoms with van der Waals surface area (Å²) < 4.78 is 36.9. The molecule has 30 heavy (non-hydrogen) atoms. The van der Waals surface area contributed by atoms with Crippen molar-refractivity contribution in [3.05, 3.63) is 53.6 Å². The minimum atomic E-state index is -3.67. The topological polar surface area (TPSA) is 84.9 Å². The summed E-state index contributed by atoms with van der Waals surface area (Å²) in [6.45, 7) is 8.45. The molecule has 0 aliphatic heterocycles. The number of benzene rings is 2. The molecular weight excluding hydrogens is 404 g/mol. The van der Waals surface area contributed by atoms with Gasteiger partial charge in [-0.2, -0.15) is 0 Å². The van der Waals surface area contributed by atoms with Crippen LogP contribution in [-0.4, -0.2) is 46.4 Å². The van der Waals surface area contributed by atoms with E-state index in [1.807, 2.05) is 39.0 Å². The lowest BCUT2D eigenvalue weighted by atomic mass is 10.1. The van der Waals surface area contributed by atoms with Crippen LogP contribution >= 0.6 is 0 Å². The molecule has 164 valence electrons. The number of anilines is 1. The first-order chi connectivity index (χ1) is 14.1. The second kappa shape index (κ2) is 10.3.